The molecule has 0 spiro atoms. The fourth-order valence-corrected chi connectivity index (χ4v) is 3.70. The number of rotatable bonds is 1. The van der Waals surface area contributed by atoms with Crippen LogP contribution in [0.1, 0.15) is 36.6 Å². The van der Waals surface area contributed by atoms with Crippen LogP contribution in [0.2, 0.25) is 0 Å². The lowest BCUT2D eigenvalue weighted by atomic mass is 10.00. The van der Waals surface area contributed by atoms with E-state index < -0.39 is 5.79 Å². The first-order chi connectivity index (χ1) is 7.88. The number of hydrogen-bond acceptors (Lipinski definition) is 5. The molecular formula is C12H18N2O2S. The predicted octanol–water partition coefficient (Wildman–Crippen LogP) is 1.92. The molecule has 5 heteroatoms. The van der Waals surface area contributed by atoms with Crippen molar-refractivity contribution in [2.24, 2.45) is 5.73 Å². The molecule has 2 heterocycles. The van der Waals surface area contributed by atoms with Gasteiger partial charge < -0.3 is 15.2 Å². The molecule has 1 unspecified atom stereocenters. The molecule has 0 bridgehead atoms. The van der Waals surface area contributed by atoms with Crippen LogP contribution >= 0.6 is 11.3 Å². The molecule has 1 saturated heterocycles. The smallest absolute Gasteiger partial charge is 0.163 e. The summed E-state index contributed by atoms with van der Waals surface area (Å²) in [6, 6.07) is 0. The molecule has 0 radical (unpaired) electrons. The summed E-state index contributed by atoms with van der Waals surface area (Å²) < 4.78 is 11.7. The lowest BCUT2D eigenvalue weighted by Crippen LogP contribution is -2.36. The summed E-state index contributed by atoms with van der Waals surface area (Å²) in [4.78, 5) is 5.61. The molecule has 1 saturated carbocycles. The van der Waals surface area contributed by atoms with E-state index in [-0.39, 0.29) is 17.7 Å². The Morgan fingerprint density at radius 3 is 2.41 bits per heavy atom. The summed E-state index contributed by atoms with van der Waals surface area (Å²) in [5.74, 6) is -0.463. The first-order valence-electron chi connectivity index (χ1n) is 5.95. The largest absolute Gasteiger partial charge is 0.344 e. The van der Waals surface area contributed by atoms with Gasteiger partial charge in [0.05, 0.1) is 17.7 Å². The molecule has 3 rings (SSSR count). The zero-order chi connectivity index (χ0) is 12.3. The van der Waals surface area contributed by atoms with E-state index in [1.807, 2.05) is 20.0 Å². The number of nitrogens with two attached hydrogens (primary N) is 1. The third-order valence-corrected chi connectivity index (χ3v) is 4.60. The molecule has 3 atom stereocenters. The molecule has 1 aliphatic heterocycles. The highest BCUT2D eigenvalue weighted by atomic mass is 32.1. The minimum absolute atomic E-state index is 0.110. The van der Waals surface area contributed by atoms with E-state index in [9.17, 15) is 0 Å². The van der Waals surface area contributed by atoms with Gasteiger partial charge >= 0.3 is 0 Å². The summed E-state index contributed by atoms with van der Waals surface area (Å²) in [5.41, 5.74) is 6.09. The summed E-state index contributed by atoms with van der Waals surface area (Å²) in [5, 5.41) is 1.01. The Labute approximate surface area is 105 Å². The van der Waals surface area contributed by atoms with Crippen LogP contribution in [-0.2, 0) is 15.0 Å². The van der Waals surface area contributed by atoms with Crippen LogP contribution in [0.15, 0.2) is 6.20 Å². The highest BCUT2D eigenvalue weighted by molar-refractivity contribution is 7.11. The van der Waals surface area contributed by atoms with Crippen molar-refractivity contribution < 1.29 is 9.47 Å². The van der Waals surface area contributed by atoms with Gasteiger partial charge in [-0.15, -0.1) is 11.3 Å². The fraction of sp³-hybridized carbons (Fsp3) is 0.750. The summed E-state index contributed by atoms with van der Waals surface area (Å²) >= 11 is 1.68. The number of aromatic nitrogens is 1. The summed E-state index contributed by atoms with van der Waals surface area (Å²) in [6.45, 7) is 5.96. The molecular weight excluding hydrogens is 236 g/mol. The molecule has 2 N–H and O–H groups in total. The molecule has 4 nitrogen and oxygen atoms in total. The lowest BCUT2D eigenvalue weighted by Gasteiger charge is -2.25. The second-order valence-electron chi connectivity index (χ2n) is 5.55. The van der Waals surface area contributed by atoms with E-state index in [0.29, 0.717) is 0 Å². The number of ether oxygens (including phenoxy) is 2. The topological polar surface area (TPSA) is 57.4 Å². The van der Waals surface area contributed by atoms with Crippen LogP contribution < -0.4 is 5.73 Å². The second-order valence-corrected chi connectivity index (χ2v) is 6.79. The van der Waals surface area contributed by atoms with Crippen molar-refractivity contribution in [1.29, 1.82) is 0 Å². The summed E-state index contributed by atoms with van der Waals surface area (Å²) in [6.07, 6.45) is 3.70. The van der Waals surface area contributed by atoms with Crippen molar-refractivity contribution in [3.8, 4) is 0 Å². The Kier molecular flexibility index (Phi) is 2.39. The van der Waals surface area contributed by atoms with Gasteiger partial charge in [-0.2, -0.15) is 0 Å². The van der Waals surface area contributed by atoms with Crippen molar-refractivity contribution in [2.75, 3.05) is 0 Å². The van der Waals surface area contributed by atoms with E-state index >= 15 is 0 Å². The van der Waals surface area contributed by atoms with Crippen molar-refractivity contribution >= 4 is 11.3 Å². The average molecular weight is 254 g/mol. The predicted molar refractivity (Wildman–Crippen MR) is 65.8 cm³/mol. The Morgan fingerprint density at radius 1 is 1.35 bits per heavy atom. The number of aryl methyl sites for hydroxylation is 1. The first kappa shape index (κ1) is 11.6. The molecule has 2 aliphatic rings. The second kappa shape index (κ2) is 3.51. The molecule has 1 aromatic rings. The van der Waals surface area contributed by atoms with Gasteiger partial charge in [-0.1, -0.05) is 0 Å². The van der Waals surface area contributed by atoms with Crippen LogP contribution in [0.3, 0.4) is 0 Å². The van der Waals surface area contributed by atoms with Gasteiger partial charge in [0.25, 0.3) is 0 Å². The van der Waals surface area contributed by atoms with E-state index in [4.69, 9.17) is 15.2 Å². The standard InChI is InChI=1S/C12H18N2O2S/c1-7-6-14-10(17-7)12(13)4-8-9(5-12)16-11(2,3)15-8/h6,8-9H,4-5,13H2,1-3H3/t8-,9+,12?. The molecule has 1 aromatic heterocycles. The van der Waals surface area contributed by atoms with Crippen LogP contribution in [0.25, 0.3) is 0 Å². The third kappa shape index (κ3) is 1.91. The number of fused-ring (bicyclic) bond motifs is 1. The van der Waals surface area contributed by atoms with Gasteiger partial charge in [-0.05, 0) is 20.8 Å². The number of hydrogen-bond donors (Lipinski definition) is 1. The van der Waals surface area contributed by atoms with E-state index in [2.05, 4.69) is 11.9 Å². The zero-order valence-electron chi connectivity index (χ0n) is 10.4. The van der Waals surface area contributed by atoms with E-state index in [1.54, 1.807) is 11.3 Å². The Hall–Kier alpha value is -0.490. The van der Waals surface area contributed by atoms with Crippen molar-refractivity contribution in [2.45, 2.75) is 57.1 Å². The van der Waals surface area contributed by atoms with Gasteiger partial charge in [-0.25, -0.2) is 4.98 Å². The van der Waals surface area contributed by atoms with Crippen molar-refractivity contribution in [3.05, 3.63) is 16.1 Å². The van der Waals surface area contributed by atoms with Crippen LogP contribution in [-0.4, -0.2) is 23.0 Å². The molecule has 0 aromatic carbocycles. The van der Waals surface area contributed by atoms with Gasteiger partial charge in [0.1, 0.15) is 5.01 Å². The molecule has 1 aliphatic carbocycles. The Morgan fingerprint density at radius 2 is 1.94 bits per heavy atom. The highest BCUT2D eigenvalue weighted by Gasteiger charge is 2.53. The normalized spacial score (nSPS) is 39.5. The maximum Gasteiger partial charge on any atom is 0.163 e. The monoisotopic (exact) mass is 254 g/mol. The molecule has 2 fully saturated rings. The summed E-state index contributed by atoms with van der Waals surface area (Å²) in [7, 11) is 0. The Bertz CT molecular complexity index is 427. The highest BCUT2D eigenvalue weighted by Crippen LogP contribution is 2.46. The quantitative estimate of drug-likeness (QED) is 0.832. The maximum absolute atomic E-state index is 6.46. The molecule has 94 valence electrons. The van der Waals surface area contributed by atoms with Gasteiger partial charge in [0, 0.05) is 23.9 Å². The van der Waals surface area contributed by atoms with Gasteiger partial charge in [-0.3, -0.25) is 0 Å². The Balaban J connectivity index is 1.82. The van der Waals surface area contributed by atoms with Crippen LogP contribution in [0.4, 0.5) is 0 Å². The third-order valence-electron chi connectivity index (χ3n) is 3.46. The van der Waals surface area contributed by atoms with Crippen molar-refractivity contribution in [1.82, 2.24) is 4.98 Å². The minimum Gasteiger partial charge on any atom is -0.344 e. The van der Waals surface area contributed by atoms with Crippen molar-refractivity contribution in [3.63, 3.8) is 0 Å². The SMILES string of the molecule is Cc1cnc(C2(N)C[C@@H]3OC(C)(C)O[C@@H]3C2)s1. The lowest BCUT2D eigenvalue weighted by molar-refractivity contribution is -0.155. The van der Waals surface area contributed by atoms with E-state index in [0.717, 1.165) is 17.8 Å². The molecule has 17 heavy (non-hydrogen) atoms. The molecule has 0 amide bonds. The first-order valence-corrected chi connectivity index (χ1v) is 6.77. The average Bonchev–Trinajstić information content (AvgIpc) is 2.77. The van der Waals surface area contributed by atoms with E-state index in [1.165, 1.54) is 4.88 Å². The maximum atomic E-state index is 6.46. The zero-order valence-corrected chi connectivity index (χ0v) is 11.2. The number of nitrogens with zero attached hydrogens (tertiary/aromatic N) is 1. The fourth-order valence-electron chi connectivity index (χ4n) is 2.82. The number of thiazole rings is 1. The van der Waals surface area contributed by atoms with Gasteiger partial charge in [0.15, 0.2) is 5.79 Å². The van der Waals surface area contributed by atoms with Gasteiger partial charge in [0.2, 0.25) is 0 Å². The van der Waals surface area contributed by atoms with Crippen LogP contribution in [0, 0.1) is 6.92 Å². The van der Waals surface area contributed by atoms with Crippen LogP contribution in [0.5, 0.6) is 0 Å². The minimum atomic E-state index is -0.463.